The standard InChI is InChI=1S/C11H23N/c1-10(2)9-11(12)7-5-3-4-6-8-11/h10H,3-9,12H2,1-2H3. The quantitative estimate of drug-likeness (QED) is 0.632. The van der Waals surface area contributed by atoms with Crippen molar-refractivity contribution in [3.05, 3.63) is 0 Å². The predicted molar refractivity (Wildman–Crippen MR) is 54.1 cm³/mol. The lowest BCUT2D eigenvalue weighted by atomic mass is 9.83. The van der Waals surface area contributed by atoms with Crippen LogP contribution in [0, 0.1) is 5.92 Å². The lowest BCUT2D eigenvalue weighted by molar-refractivity contribution is 0.303. The topological polar surface area (TPSA) is 26.0 Å². The highest BCUT2D eigenvalue weighted by molar-refractivity contribution is 4.86. The van der Waals surface area contributed by atoms with E-state index in [9.17, 15) is 0 Å². The highest BCUT2D eigenvalue weighted by Crippen LogP contribution is 2.29. The maximum Gasteiger partial charge on any atom is 0.0156 e. The minimum absolute atomic E-state index is 0.185. The van der Waals surface area contributed by atoms with Crippen molar-refractivity contribution in [2.24, 2.45) is 11.7 Å². The fraction of sp³-hybridized carbons (Fsp3) is 1.00. The van der Waals surface area contributed by atoms with Crippen LogP contribution in [0.2, 0.25) is 0 Å². The molecule has 0 amide bonds. The van der Waals surface area contributed by atoms with Gasteiger partial charge >= 0.3 is 0 Å². The van der Waals surface area contributed by atoms with Crippen molar-refractivity contribution in [3.8, 4) is 0 Å². The summed E-state index contributed by atoms with van der Waals surface area (Å²) in [7, 11) is 0. The molecule has 0 saturated heterocycles. The first kappa shape index (κ1) is 10.0. The van der Waals surface area contributed by atoms with E-state index in [0.717, 1.165) is 5.92 Å². The summed E-state index contributed by atoms with van der Waals surface area (Å²) < 4.78 is 0. The van der Waals surface area contributed by atoms with Crippen LogP contribution >= 0.6 is 0 Å². The average molecular weight is 169 g/mol. The minimum Gasteiger partial charge on any atom is -0.325 e. The largest absolute Gasteiger partial charge is 0.325 e. The normalized spacial score (nSPS) is 24.0. The van der Waals surface area contributed by atoms with E-state index in [1.165, 1.54) is 44.9 Å². The maximum atomic E-state index is 6.36. The first-order valence-corrected chi connectivity index (χ1v) is 5.41. The monoisotopic (exact) mass is 169 g/mol. The number of nitrogens with two attached hydrogens (primary N) is 1. The van der Waals surface area contributed by atoms with E-state index in [-0.39, 0.29) is 5.54 Å². The first-order chi connectivity index (χ1) is 5.62. The van der Waals surface area contributed by atoms with Gasteiger partial charge in [0, 0.05) is 5.54 Å². The summed E-state index contributed by atoms with van der Waals surface area (Å²) in [6, 6.07) is 0. The average Bonchev–Trinajstić information content (AvgIpc) is 2.12. The zero-order valence-corrected chi connectivity index (χ0v) is 8.60. The second-order valence-electron chi connectivity index (χ2n) is 4.87. The van der Waals surface area contributed by atoms with Gasteiger partial charge in [-0.3, -0.25) is 0 Å². The Bertz CT molecular complexity index is 121. The van der Waals surface area contributed by atoms with Crippen molar-refractivity contribution in [2.45, 2.75) is 64.3 Å². The van der Waals surface area contributed by atoms with Gasteiger partial charge < -0.3 is 5.73 Å². The number of hydrogen-bond donors (Lipinski definition) is 1. The molecule has 0 unspecified atom stereocenters. The van der Waals surface area contributed by atoms with E-state index < -0.39 is 0 Å². The highest BCUT2D eigenvalue weighted by Gasteiger charge is 2.26. The minimum atomic E-state index is 0.185. The Morgan fingerprint density at radius 1 is 1.08 bits per heavy atom. The van der Waals surface area contributed by atoms with Gasteiger partial charge in [0.15, 0.2) is 0 Å². The van der Waals surface area contributed by atoms with Crippen molar-refractivity contribution >= 4 is 0 Å². The zero-order valence-electron chi connectivity index (χ0n) is 8.60. The second-order valence-corrected chi connectivity index (χ2v) is 4.87. The van der Waals surface area contributed by atoms with Crippen LogP contribution in [0.5, 0.6) is 0 Å². The fourth-order valence-corrected chi connectivity index (χ4v) is 2.45. The molecular formula is C11H23N. The van der Waals surface area contributed by atoms with Crippen molar-refractivity contribution in [1.82, 2.24) is 0 Å². The summed E-state index contributed by atoms with van der Waals surface area (Å²) in [4.78, 5) is 0. The molecule has 2 N–H and O–H groups in total. The van der Waals surface area contributed by atoms with E-state index in [0.29, 0.717) is 0 Å². The fourth-order valence-electron chi connectivity index (χ4n) is 2.45. The van der Waals surface area contributed by atoms with Gasteiger partial charge in [0.1, 0.15) is 0 Å². The molecule has 0 radical (unpaired) electrons. The van der Waals surface area contributed by atoms with Gasteiger partial charge in [-0.15, -0.1) is 0 Å². The van der Waals surface area contributed by atoms with Crippen LogP contribution < -0.4 is 5.73 Å². The molecule has 72 valence electrons. The van der Waals surface area contributed by atoms with E-state index in [4.69, 9.17) is 5.73 Å². The molecule has 1 rings (SSSR count). The number of hydrogen-bond acceptors (Lipinski definition) is 1. The molecule has 12 heavy (non-hydrogen) atoms. The first-order valence-electron chi connectivity index (χ1n) is 5.41. The Balaban J connectivity index is 2.42. The van der Waals surface area contributed by atoms with Gasteiger partial charge in [-0.25, -0.2) is 0 Å². The maximum absolute atomic E-state index is 6.36. The molecule has 0 aliphatic heterocycles. The zero-order chi connectivity index (χ0) is 9.03. The Labute approximate surface area is 76.7 Å². The van der Waals surface area contributed by atoms with Gasteiger partial charge in [0.25, 0.3) is 0 Å². The van der Waals surface area contributed by atoms with Crippen LogP contribution in [0.15, 0.2) is 0 Å². The van der Waals surface area contributed by atoms with Crippen LogP contribution in [-0.4, -0.2) is 5.54 Å². The molecule has 0 heterocycles. The van der Waals surface area contributed by atoms with Crippen LogP contribution in [0.3, 0.4) is 0 Å². The third-order valence-corrected chi connectivity index (χ3v) is 2.91. The predicted octanol–water partition coefficient (Wildman–Crippen LogP) is 3.08. The molecule has 0 spiro atoms. The summed E-state index contributed by atoms with van der Waals surface area (Å²) in [6.45, 7) is 4.55. The van der Waals surface area contributed by atoms with Crippen molar-refractivity contribution in [3.63, 3.8) is 0 Å². The molecule has 0 aromatic rings. The molecule has 1 saturated carbocycles. The van der Waals surface area contributed by atoms with Gasteiger partial charge in [-0.05, 0) is 25.2 Å². The Hall–Kier alpha value is -0.0400. The summed E-state index contributed by atoms with van der Waals surface area (Å²) in [5.74, 6) is 0.757. The summed E-state index contributed by atoms with van der Waals surface area (Å²) in [6.07, 6.45) is 9.23. The van der Waals surface area contributed by atoms with E-state index in [2.05, 4.69) is 13.8 Å². The van der Waals surface area contributed by atoms with Crippen molar-refractivity contribution in [2.75, 3.05) is 0 Å². The second kappa shape index (κ2) is 4.27. The highest BCUT2D eigenvalue weighted by atomic mass is 14.7. The van der Waals surface area contributed by atoms with Gasteiger partial charge in [-0.1, -0.05) is 39.5 Å². The Morgan fingerprint density at radius 2 is 1.58 bits per heavy atom. The number of rotatable bonds is 2. The van der Waals surface area contributed by atoms with E-state index in [1.54, 1.807) is 0 Å². The SMILES string of the molecule is CC(C)CC1(N)CCCCCC1. The van der Waals surface area contributed by atoms with Crippen molar-refractivity contribution < 1.29 is 0 Å². The van der Waals surface area contributed by atoms with Gasteiger partial charge in [0.05, 0.1) is 0 Å². The lowest BCUT2D eigenvalue weighted by Crippen LogP contribution is -2.40. The molecule has 1 heteroatoms. The van der Waals surface area contributed by atoms with Crippen LogP contribution in [0.25, 0.3) is 0 Å². The summed E-state index contributed by atoms with van der Waals surface area (Å²) in [5.41, 5.74) is 6.55. The van der Waals surface area contributed by atoms with Gasteiger partial charge in [0.2, 0.25) is 0 Å². The van der Waals surface area contributed by atoms with Crippen LogP contribution in [-0.2, 0) is 0 Å². The van der Waals surface area contributed by atoms with Gasteiger partial charge in [-0.2, -0.15) is 0 Å². The molecule has 0 aromatic carbocycles. The van der Waals surface area contributed by atoms with E-state index in [1.807, 2.05) is 0 Å². The molecule has 1 fully saturated rings. The van der Waals surface area contributed by atoms with E-state index >= 15 is 0 Å². The summed E-state index contributed by atoms with van der Waals surface area (Å²) in [5, 5.41) is 0. The smallest absolute Gasteiger partial charge is 0.0156 e. The summed E-state index contributed by atoms with van der Waals surface area (Å²) >= 11 is 0. The third kappa shape index (κ3) is 3.14. The molecule has 1 aliphatic rings. The lowest BCUT2D eigenvalue weighted by Gasteiger charge is -2.29. The van der Waals surface area contributed by atoms with Crippen molar-refractivity contribution in [1.29, 1.82) is 0 Å². The Kier molecular flexibility index (Phi) is 3.57. The molecule has 0 bridgehead atoms. The Morgan fingerprint density at radius 3 is 2.00 bits per heavy atom. The van der Waals surface area contributed by atoms with Crippen LogP contribution in [0.4, 0.5) is 0 Å². The molecule has 0 atom stereocenters. The molecule has 1 aliphatic carbocycles. The third-order valence-electron chi connectivity index (χ3n) is 2.91. The van der Waals surface area contributed by atoms with Crippen LogP contribution in [0.1, 0.15) is 58.8 Å². The molecular weight excluding hydrogens is 146 g/mol. The molecule has 1 nitrogen and oxygen atoms in total. The molecule has 0 aromatic heterocycles.